The van der Waals surface area contributed by atoms with E-state index in [1.54, 1.807) is 0 Å². The van der Waals surface area contributed by atoms with Crippen molar-refractivity contribution in [3.05, 3.63) is 0 Å². The summed E-state index contributed by atoms with van der Waals surface area (Å²) in [6.07, 6.45) is 0. The Balaban J connectivity index is 2.32. The van der Waals surface area contributed by atoms with Gasteiger partial charge in [-0.1, -0.05) is 0 Å². The van der Waals surface area contributed by atoms with Gasteiger partial charge in [0, 0.05) is 0 Å². The normalized spacial score (nSPS) is 16.0. The Labute approximate surface area is 33.1 Å². The van der Waals surface area contributed by atoms with E-state index in [0.717, 1.165) is 16.0 Å². The van der Waals surface area contributed by atoms with Crippen LogP contribution >= 0.6 is 0 Å². The quantitative estimate of drug-likeness (QED) is 0.350. The van der Waals surface area contributed by atoms with E-state index in [2.05, 4.69) is 10.3 Å². The Morgan fingerprint density at radius 3 is 3.00 bits per heavy atom. The topological polar surface area (TPSA) is 24.1 Å². The summed E-state index contributed by atoms with van der Waals surface area (Å²) in [6.45, 7) is 0.957. The van der Waals surface area contributed by atoms with Crippen LogP contribution < -0.4 is 10.3 Å². The first-order valence-electron chi connectivity index (χ1n) is 1.53. The molecule has 3 heteroatoms. The molecule has 0 saturated heterocycles. The zero-order valence-corrected chi connectivity index (χ0v) is 3.78. The first-order chi connectivity index (χ1) is 2.50. The van der Waals surface area contributed by atoms with E-state index in [1.807, 2.05) is 5.80 Å². The van der Waals surface area contributed by atoms with Gasteiger partial charge >= 0.3 is 9.29 Å². The summed E-state index contributed by atoms with van der Waals surface area (Å²) < 4.78 is 0. The molecular weight excluding hydrogens is 80.1 g/mol. The minimum atomic E-state index is 0.823. The zero-order chi connectivity index (χ0) is 3.54. The van der Waals surface area contributed by atoms with Crippen molar-refractivity contribution in [3.8, 4) is 0 Å². The third-order valence-corrected chi connectivity index (χ3v) is 1.20. The number of hydrogen-bond acceptors (Lipinski definition) is 2. The molecule has 0 aromatic heterocycles. The van der Waals surface area contributed by atoms with Gasteiger partial charge < -0.3 is 5.32 Å². The maximum absolute atomic E-state index is 3.08. The molecule has 1 rings (SSSR count). The Kier molecular flexibility index (Phi) is 0.703. The Morgan fingerprint density at radius 1 is 1.80 bits per heavy atom. The molecule has 0 aromatic rings. The van der Waals surface area contributed by atoms with Gasteiger partial charge in [0.15, 0.2) is 5.80 Å². The van der Waals surface area contributed by atoms with Crippen molar-refractivity contribution in [1.29, 1.82) is 0 Å². The maximum atomic E-state index is 3.08. The summed E-state index contributed by atoms with van der Waals surface area (Å²) in [5.41, 5.74) is 0. The highest BCUT2D eigenvalue weighted by Gasteiger charge is 1.98. The molecule has 0 saturated carbocycles. The number of nitrogens with one attached hydrogen (secondary N) is 2. The summed E-state index contributed by atoms with van der Waals surface area (Å²) in [5.74, 6) is 2.03. The van der Waals surface area contributed by atoms with Crippen molar-refractivity contribution in [2.45, 2.75) is 0 Å². The second-order valence-electron chi connectivity index (χ2n) is 0.846. The van der Waals surface area contributed by atoms with E-state index >= 15 is 0 Å². The summed E-state index contributed by atoms with van der Waals surface area (Å²) >= 11 is 0. The SMILES string of the molecule is C1=[Si+]NCN1. The van der Waals surface area contributed by atoms with E-state index < -0.39 is 0 Å². The van der Waals surface area contributed by atoms with Gasteiger partial charge in [-0.05, 0) is 0 Å². The zero-order valence-electron chi connectivity index (χ0n) is 2.78. The smallest absolute Gasteiger partial charge is 0.342 e. The van der Waals surface area contributed by atoms with E-state index in [9.17, 15) is 0 Å². The van der Waals surface area contributed by atoms with Crippen molar-refractivity contribution < 1.29 is 0 Å². The van der Waals surface area contributed by atoms with Gasteiger partial charge in [-0.3, -0.25) is 0 Å². The fraction of sp³-hybridized carbons (Fsp3) is 0.500. The van der Waals surface area contributed by atoms with Gasteiger partial charge in [0.05, 0.1) is 0 Å². The summed E-state index contributed by atoms with van der Waals surface area (Å²) in [4.78, 5) is 3.08. The molecule has 1 aliphatic heterocycles. The largest absolute Gasteiger partial charge is 0.605 e. The van der Waals surface area contributed by atoms with Crippen molar-refractivity contribution in [2.75, 3.05) is 6.67 Å². The van der Waals surface area contributed by atoms with Gasteiger partial charge in [0.25, 0.3) is 0 Å². The monoisotopic (exact) mass is 85.0 g/mol. The van der Waals surface area contributed by atoms with Crippen molar-refractivity contribution >= 4 is 15.1 Å². The van der Waals surface area contributed by atoms with Gasteiger partial charge in [0.2, 0.25) is 0 Å². The molecule has 0 aromatic carbocycles. The average molecular weight is 85.2 g/mol. The predicted molar refractivity (Wildman–Crippen MR) is 23.0 cm³/mol. The molecule has 2 N–H and O–H groups in total. The molecule has 1 aliphatic rings. The Hall–Kier alpha value is -0.313. The van der Waals surface area contributed by atoms with Crippen LogP contribution in [0.2, 0.25) is 0 Å². The lowest BCUT2D eigenvalue weighted by molar-refractivity contribution is 0.900. The number of rotatable bonds is 0. The first kappa shape index (κ1) is 2.90. The molecule has 0 aliphatic carbocycles. The van der Waals surface area contributed by atoms with Gasteiger partial charge in [-0.2, -0.15) is 0 Å². The Bertz CT molecular complexity index is 45.6. The molecule has 0 amide bonds. The second-order valence-corrected chi connectivity index (χ2v) is 1.78. The van der Waals surface area contributed by atoms with Gasteiger partial charge in [0.1, 0.15) is 6.67 Å². The molecule has 5 heavy (non-hydrogen) atoms. The standard InChI is InChI=1S/C2H5N2Si/c1-3-2-5-4-1/h2-4H,1H2/q+1. The van der Waals surface area contributed by atoms with Crippen LogP contribution in [0, 0.1) is 0 Å². The molecule has 0 unspecified atom stereocenters. The highest BCUT2D eigenvalue weighted by atomic mass is 28.2. The number of hydrogen-bond donors (Lipinski definition) is 2. The van der Waals surface area contributed by atoms with Crippen molar-refractivity contribution in [3.63, 3.8) is 0 Å². The maximum Gasteiger partial charge on any atom is 0.605 e. The van der Waals surface area contributed by atoms with Crippen LogP contribution in [0.15, 0.2) is 0 Å². The molecule has 0 fully saturated rings. The summed E-state index contributed by atoms with van der Waals surface area (Å²) in [7, 11) is 0.823. The molecule has 0 bridgehead atoms. The molecule has 2 nitrogen and oxygen atoms in total. The lowest BCUT2D eigenvalue weighted by Crippen LogP contribution is -2.14. The molecule has 26 valence electrons. The van der Waals surface area contributed by atoms with Crippen LogP contribution in [0.1, 0.15) is 0 Å². The van der Waals surface area contributed by atoms with Crippen molar-refractivity contribution in [2.24, 2.45) is 0 Å². The minimum absolute atomic E-state index is 0.823. The highest BCUT2D eigenvalue weighted by molar-refractivity contribution is 6.45. The van der Waals surface area contributed by atoms with Crippen molar-refractivity contribution in [1.82, 2.24) is 10.3 Å². The van der Waals surface area contributed by atoms with E-state index in [-0.39, 0.29) is 0 Å². The fourth-order valence-electron chi connectivity index (χ4n) is 0.255. The Morgan fingerprint density at radius 2 is 2.80 bits per heavy atom. The molecule has 0 radical (unpaired) electrons. The second kappa shape index (κ2) is 1.21. The molecule has 0 spiro atoms. The third kappa shape index (κ3) is 0.478. The van der Waals surface area contributed by atoms with Crippen LogP contribution in [-0.2, 0) is 0 Å². The van der Waals surface area contributed by atoms with Crippen LogP contribution in [0.5, 0.6) is 0 Å². The van der Waals surface area contributed by atoms with Crippen LogP contribution in [0.25, 0.3) is 0 Å². The summed E-state index contributed by atoms with van der Waals surface area (Å²) in [5, 5.41) is 3.00. The first-order valence-corrected chi connectivity index (χ1v) is 2.61. The molecule has 0 atom stereocenters. The average Bonchev–Trinajstić information content (AvgIpc) is 1.76. The minimum Gasteiger partial charge on any atom is -0.342 e. The van der Waals surface area contributed by atoms with Crippen LogP contribution in [-0.4, -0.2) is 21.8 Å². The van der Waals surface area contributed by atoms with Gasteiger partial charge in [-0.25, -0.2) is 4.98 Å². The lowest BCUT2D eigenvalue weighted by Gasteiger charge is -1.73. The van der Waals surface area contributed by atoms with E-state index in [1.165, 1.54) is 0 Å². The lowest BCUT2D eigenvalue weighted by atomic mass is 11.1. The molecule has 1 heterocycles. The van der Waals surface area contributed by atoms with Crippen LogP contribution in [0.3, 0.4) is 0 Å². The van der Waals surface area contributed by atoms with E-state index in [4.69, 9.17) is 0 Å². The van der Waals surface area contributed by atoms with Gasteiger partial charge in [-0.15, -0.1) is 0 Å². The third-order valence-electron chi connectivity index (χ3n) is 0.467. The molecular formula is C2H5N2Si+. The fourth-order valence-corrected chi connectivity index (χ4v) is 0.765. The summed E-state index contributed by atoms with van der Waals surface area (Å²) in [6, 6.07) is 0. The van der Waals surface area contributed by atoms with E-state index in [0.29, 0.717) is 0 Å². The highest BCUT2D eigenvalue weighted by Crippen LogP contribution is 1.45. The van der Waals surface area contributed by atoms with Crippen LogP contribution in [0.4, 0.5) is 0 Å². The predicted octanol–water partition coefficient (Wildman–Crippen LogP) is -1.48.